The van der Waals surface area contributed by atoms with E-state index in [4.69, 9.17) is 5.26 Å². The standard InChI is InChI=1S/C13H14FN3OS/c14-11-1-3-12(4-2-11)16-5-7-17(8-6-16)13(18)9-19-10-15/h1-4H,5-9H2. The highest BCUT2D eigenvalue weighted by molar-refractivity contribution is 8.04. The maximum Gasteiger partial charge on any atom is 0.233 e. The molecule has 1 aromatic carbocycles. The number of benzene rings is 1. The van der Waals surface area contributed by atoms with Crippen LogP contribution in [-0.2, 0) is 4.79 Å². The van der Waals surface area contributed by atoms with Gasteiger partial charge in [-0.25, -0.2) is 4.39 Å². The van der Waals surface area contributed by atoms with Crippen molar-refractivity contribution < 1.29 is 9.18 Å². The first kappa shape index (κ1) is 13.7. The molecule has 2 rings (SSSR count). The lowest BCUT2D eigenvalue weighted by molar-refractivity contribution is -0.128. The molecule has 0 N–H and O–H groups in total. The van der Waals surface area contributed by atoms with Crippen molar-refractivity contribution in [3.05, 3.63) is 30.1 Å². The number of halogens is 1. The zero-order chi connectivity index (χ0) is 13.7. The van der Waals surface area contributed by atoms with Crippen molar-refractivity contribution in [3.8, 4) is 5.40 Å². The number of thioether (sulfide) groups is 1. The Bertz CT molecular complexity index is 478. The van der Waals surface area contributed by atoms with E-state index >= 15 is 0 Å². The zero-order valence-electron chi connectivity index (χ0n) is 10.4. The fourth-order valence-corrected chi connectivity index (χ4v) is 2.42. The average molecular weight is 279 g/mol. The molecule has 0 atom stereocenters. The lowest BCUT2D eigenvalue weighted by Gasteiger charge is -2.36. The minimum atomic E-state index is -0.244. The molecular formula is C13H14FN3OS. The molecule has 0 unspecified atom stereocenters. The van der Waals surface area contributed by atoms with Crippen LogP contribution in [-0.4, -0.2) is 42.7 Å². The van der Waals surface area contributed by atoms with Crippen LogP contribution in [0.5, 0.6) is 0 Å². The third-order valence-corrected chi connectivity index (χ3v) is 3.60. The number of amides is 1. The van der Waals surface area contributed by atoms with Gasteiger partial charge in [-0.05, 0) is 36.0 Å². The summed E-state index contributed by atoms with van der Waals surface area (Å²) in [7, 11) is 0. The third kappa shape index (κ3) is 3.61. The van der Waals surface area contributed by atoms with Gasteiger partial charge in [0.15, 0.2) is 0 Å². The largest absolute Gasteiger partial charge is 0.368 e. The summed E-state index contributed by atoms with van der Waals surface area (Å²) >= 11 is 0.968. The second-order valence-corrected chi connectivity index (χ2v) is 4.98. The van der Waals surface area contributed by atoms with Crippen molar-refractivity contribution in [1.29, 1.82) is 5.26 Å². The number of nitrogens with zero attached hydrogens (tertiary/aromatic N) is 3. The number of piperazine rings is 1. The van der Waals surface area contributed by atoms with Gasteiger partial charge in [-0.1, -0.05) is 0 Å². The summed E-state index contributed by atoms with van der Waals surface area (Å²) < 4.78 is 12.8. The molecule has 1 aromatic rings. The number of nitriles is 1. The van der Waals surface area contributed by atoms with E-state index < -0.39 is 0 Å². The average Bonchev–Trinajstić information content (AvgIpc) is 2.46. The van der Waals surface area contributed by atoms with E-state index in [1.165, 1.54) is 12.1 Å². The van der Waals surface area contributed by atoms with Crippen molar-refractivity contribution in [1.82, 2.24) is 4.90 Å². The fourth-order valence-electron chi connectivity index (χ4n) is 2.05. The van der Waals surface area contributed by atoms with E-state index in [2.05, 4.69) is 4.90 Å². The van der Waals surface area contributed by atoms with Gasteiger partial charge in [0, 0.05) is 31.9 Å². The number of hydrogen-bond donors (Lipinski definition) is 0. The van der Waals surface area contributed by atoms with Crippen molar-refractivity contribution in [2.24, 2.45) is 0 Å². The fraction of sp³-hybridized carbons (Fsp3) is 0.385. The molecule has 1 aliphatic rings. The molecule has 0 bridgehead atoms. The number of carbonyl (C=O) groups excluding carboxylic acids is 1. The van der Waals surface area contributed by atoms with Gasteiger partial charge in [0.2, 0.25) is 5.91 Å². The summed E-state index contributed by atoms with van der Waals surface area (Å²) in [4.78, 5) is 15.6. The molecule has 0 radical (unpaired) electrons. The highest BCUT2D eigenvalue weighted by Gasteiger charge is 2.21. The molecule has 0 aromatic heterocycles. The van der Waals surface area contributed by atoms with E-state index in [1.54, 1.807) is 17.0 Å². The smallest absolute Gasteiger partial charge is 0.233 e. The molecule has 0 saturated carbocycles. The third-order valence-electron chi connectivity index (χ3n) is 3.08. The van der Waals surface area contributed by atoms with Gasteiger partial charge in [0.05, 0.1) is 5.75 Å². The van der Waals surface area contributed by atoms with Crippen LogP contribution in [0.1, 0.15) is 0 Å². The first-order chi connectivity index (χ1) is 9.20. The second kappa shape index (κ2) is 6.43. The maximum absolute atomic E-state index is 12.8. The van der Waals surface area contributed by atoms with Crippen LogP contribution in [0.25, 0.3) is 0 Å². The monoisotopic (exact) mass is 279 g/mol. The number of rotatable bonds is 3. The van der Waals surface area contributed by atoms with Crippen LogP contribution in [0, 0.1) is 16.5 Å². The minimum Gasteiger partial charge on any atom is -0.368 e. The lowest BCUT2D eigenvalue weighted by Crippen LogP contribution is -2.49. The van der Waals surface area contributed by atoms with Gasteiger partial charge in [-0.2, -0.15) is 5.26 Å². The number of thiocyanates is 1. The topological polar surface area (TPSA) is 47.3 Å². The second-order valence-electron chi connectivity index (χ2n) is 4.22. The number of hydrogen-bond acceptors (Lipinski definition) is 4. The van der Waals surface area contributed by atoms with Crippen LogP contribution < -0.4 is 4.90 Å². The van der Waals surface area contributed by atoms with Gasteiger partial charge in [0.1, 0.15) is 11.2 Å². The molecule has 6 heteroatoms. The molecule has 1 fully saturated rings. The summed E-state index contributed by atoms with van der Waals surface area (Å²) in [5.74, 6) is -0.0241. The lowest BCUT2D eigenvalue weighted by atomic mass is 10.2. The zero-order valence-corrected chi connectivity index (χ0v) is 11.2. The Morgan fingerprint density at radius 1 is 1.26 bits per heavy atom. The molecular weight excluding hydrogens is 265 g/mol. The molecule has 0 spiro atoms. The highest BCUT2D eigenvalue weighted by Crippen LogP contribution is 2.17. The normalized spacial score (nSPS) is 15.2. The van der Waals surface area contributed by atoms with Crippen LogP contribution in [0.4, 0.5) is 10.1 Å². The molecule has 19 heavy (non-hydrogen) atoms. The van der Waals surface area contributed by atoms with Gasteiger partial charge in [-0.15, -0.1) is 0 Å². The van der Waals surface area contributed by atoms with Crippen molar-refractivity contribution >= 4 is 23.4 Å². The van der Waals surface area contributed by atoms with E-state index in [0.29, 0.717) is 13.1 Å². The Hall–Kier alpha value is -1.74. The van der Waals surface area contributed by atoms with Gasteiger partial charge >= 0.3 is 0 Å². The Morgan fingerprint density at radius 3 is 2.47 bits per heavy atom. The Labute approximate surface area is 115 Å². The Kier molecular flexibility index (Phi) is 4.63. The van der Waals surface area contributed by atoms with Crippen molar-refractivity contribution in [2.45, 2.75) is 0 Å². The van der Waals surface area contributed by atoms with E-state index in [1.807, 2.05) is 5.40 Å². The molecule has 1 saturated heterocycles. The SMILES string of the molecule is N#CSCC(=O)N1CCN(c2ccc(F)cc2)CC1. The summed E-state index contributed by atoms with van der Waals surface area (Å²) in [6.45, 7) is 2.74. The maximum atomic E-state index is 12.8. The summed E-state index contributed by atoms with van der Waals surface area (Å²) in [5, 5.41) is 10.3. The van der Waals surface area contributed by atoms with Gasteiger partial charge < -0.3 is 9.80 Å². The molecule has 1 heterocycles. The molecule has 1 aliphatic heterocycles. The van der Waals surface area contributed by atoms with Crippen LogP contribution in [0.15, 0.2) is 24.3 Å². The van der Waals surface area contributed by atoms with Crippen LogP contribution >= 0.6 is 11.8 Å². The Morgan fingerprint density at radius 2 is 1.89 bits per heavy atom. The first-order valence-corrected chi connectivity index (χ1v) is 6.98. The van der Waals surface area contributed by atoms with Crippen LogP contribution in [0.3, 0.4) is 0 Å². The molecule has 4 nitrogen and oxygen atoms in total. The van der Waals surface area contributed by atoms with Crippen LogP contribution in [0.2, 0.25) is 0 Å². The Balaban J connectivity index is 1.87. The predicted molar refractivity (Wildman–Crippen MR) is 73.3 cm³/mol. The molecule has 1 amide bonds. The van der Waals surface area contributed by atoms with E-state index in [0.717, 1.165) is 30.5 Å². The van der Waals surface area contributed by atoms with E-state index in [9.17, 15) is 9.18 Å². The quantitative estimate of drug-likeness (QED) is 0.790. The van der Waals surface area contributed by atoms with Gasteiger partial charge in [-0.3, -0.25) is 4.79 Å². The summed E-state index contributed by atoms with van der Waals surface area (Å²) in [5.41, 5.74) is 0.972. The number of carbonyl (C=O) groups is 1. The molecule has 0 aliphatic carbocycles. The highest BCUT2D eigenvalue weighted by atomic mass is 32.2. The predicted octanol–water partition coefficient (Wildman–Crippen LogP) is 1.69. The summed E-state index contributed by atoms with van der Waals surface area (Å²) in [6.07, 6.45) is 0. The van der Waals surface area contributed by atoms with E-state index in [-0.39, 0.29) is 17.5 Å². The van der Waals surface area contributed by atoms with Crippen molar-refractivity contribution in [3.63, 3.8) is 0 Å². The first-order valence-electron chi connectivity index (χ1n) is 6.00. The number of anilines is 1. The summed E-state index contributed by atoms with van der Waals surface area (Å²) in [6, 6.07) is 6.38. The van der Waals surface area contributed by atoms with Crippen molar-refractivity contribution in [2.75, 3.05) is 36.8 Å². The molecule has 100 valence electrons. The van der Waals surface area contributed by atoms with Gasteiger partial charge in [0.25, 0.3) is 0 Å². The minimum absolute atomic E-state index is 0.00491.